The molecule has 0 unspecified atom stereocenters. The third-order valence-corrected chi connectivity index (χ3v) is 3.69. The molecule has 2 aromatic rings. The number of alkyl halides is 3. The van der Waals surface area contributed by atoms with Gasteiger partial charge in [-0.1, -0.05) is 0 Å². The van der Waals surface area contributed by atoms with E-state index in [2.05, 4.69) is 5.10 Å². The Labute approximate surface area is 127 Å². The zero-order valence-corrected chi connectivity index (χ0v) is 12.8. The van der Waals surface area contributed by atoms with Crippen LogP contribution < -0.4 is 0 Å². The Balaban J connectivity index is 2.40. The van der Waals surface area contributed by atoms with Gasteiger partial charge in [0, 0.05) is 0 Å². The average Bonchev–Trinajstić information content (AvgIpc) is 2.86. The lowest BCUT2D eigenvalue weighted by atomic mass is 10.2. The number of esters is 1. The fourth-order valence-electron chi connectivity index (χ4n) is 1.79. The first-order valence-corrected chi connectivity index (χ1v) is 7.02. The standard InChI is InChI=1S/C13H12F3N3O2S/c1-12(2,3)21-10(20)6-19-8-4-9(13(14,15)16)22-11(8)7(5-17)18-19/h4H,6H2,1-3H3. The molecule has 0 saturated carbocycles. The number of carbonyl (C=O) groups is 1. The molecule has 0 aliphatic rings. The van der Waals surface area contributed by atoms with Crippen LogP contribution in [-0.4, -0.2) is 21.4 Å². The molecule has 0 aromatic carbocycles. The summed E-state index contributed by atoms with van der Waals surface area (Å²) in [6.45, 7) is 4.67. The van der Waals surface area contributed by atoms with E-state index in [1.54, 1.807) is 26.8 Å². The summed E-state index contributed by atoms with van der Waals surface area (Å²) >= 11 is 0.434. The molecule has 0 aliphatic carbocycles. The van der Waals surface area contributed by atoms with Gasteiger partial charge in [-0.15, -0.1) is 11.3 Å². The number of halogens is 3. The van der Waals surface area contributed by atoms with Gasteiger partial charge >= 0.3 is 12.1 Å². The van der Waals surface area contributed by atoms with Gasteiger partial charge in [0.1, 0.15) is 23.1 Å². The van der Waals surface area contributed by atoms with Crippen LogP contribution >= 0.6 is 11.3 Å². The van der Waals surface area contributed by atoms with E-state index in [4.69, 9.17) is 10.00 Å². The third-order valence-electron chi connectivity index (χ3n) is 2.51. The second kappa shape index (κ2) is 5.28. The van der Waals surface area contributed by atoms with Crippen molar-refractivity contribution in [2.75, 3.05) is 0 Å². The van der Waals surface area contributed by atoms with Gasteiger partial charge in [-0.25, -0.2) is 0 Å². The predicted molar refractivity (Wildman–Crippen MR) is 73.2 cm³/mol. The van der Waals surface area contributed by atoms with Gasteiger partial charge in [0.05, 0.1) is 10.2 Å². The third kappa shape index (κ3) is 3.39. The first-order valence-electron chi connectivity index (χ1n) is 6.21. The van der Waals surface area contributed by atoms with Crippen molar-refractivity contribution in [2.45, 2.75) is 39.1 Å². The van der Waals surface area contributed by atoms with Crippen LogP contribution in [0.1, 0.15) is 31.3 Å². The van der Waals surface area contributed by atoms with E-state index >= 15 is 0 Å². The van der Waals surface area contributed by atoms with Crippen LogP contribution in [0.25, 0.3) is 10.2 Å². The maximum absolute atomic E-state index is 12.8. The number of carbonyl (C=O) groups excluding carboxylic acids is 1. The molecule has 2 rings (SSSR count). The minimum atomic E-state index is -4.51. The van der Waals surface area contributed by atoms with E-state index in [0.717, 1.165) is 10.7 Å². The van der Waals surface area contributed by atoms with Crippen LogP contribution in [0.3, 0.4) is 0 Å². The van der Waals surface area contributed by atoms with Gasteiger partial charge in [0.2, 0.25) is 0 Å². The summed E-state index contributed by atoms with van der Waals surface area (Å²) in [5.74, 6) is -0.638. The summed E-state index contributed by atoms with van der Waals surface area (Å²) in [6.07, 6.45) is -4.51. The van der Waals surface area contributed by atoms with Crippen molar-refractivity contribution in [3.05, 3.63) is 16.6 Å². The number of nitriles is 1. The molecule has 22 heavy (non-hydrogen) atoms. The van der Waals surface area contributed by atoms with Crippen molar-refractivity contribution >= 4 is 27.5 Å². The van der Waals surface area contributed by atoms with Gasteiger partial charge in [0.15, 0.2) is 5.69 Å². The monoisotopic (exact) mass is 331 g/mol. The summed E-state index contributed by atoms with van der Waals surface area (Å²) < 4.78 is 44.6. The number of ether oxygens (including phenoxy) is 1. The lowest BCUT2D eigenvalue weighted by Gasteiger charge is -2.19. The molecule has 118 valence electrons. The van der Waals surface area contributed by atoms with Crippen molar-refractivity contribution in [3.8, 4) is 6.07 Å². The number of rotatable bonds is 2. The van der Waals surface area contributed by atoms with Gasteiger partial charge in [0.25, 0.3) is 0 Å². The summed E-state index contributed by atoms with van der Waals surface area (Å²) in [5.41, 5.74) is -0.758. The van der Waals surface area contributed by atoms with Crippen LogP contribution in [0.4, 0.5) is 13.2 Å². The first-order chi connectivity index (χ1) is 10.0. The topological polar surface area (TPSA) is 67.9 Å². The molecule has 2 aromatic heterocycles. The highest BCUT2D eigenvalue weighted by molar-refractivity contribution is 7.19. The molecule has 0 bridgehead atoms. The van der Waals surface area contributed by atoms with Crippen molar-refractivity contribution in [1.82, 2.24) is 9.78 Å². The van der Waals surface area contributed by atoms with E-state index < -0.39 is 22.6 Å². The summed E-state index contributed by atoms with van der Waals surface area (Å²) in [7, 11) is 0. The highest BCUT2D eigenvalue weighted by Crippen LogP contribution is 2.39. The maximum atomic E-state index is 12.8. The lowest BCUT2D eigenvalue weighted by molar-refractivity contribution is -0.155. The van der Waals surface area contributed by atoms with Crippen molar-refractivity contribution in [1.29, 1.82) is 5.26 Å². The fourth-order valence-corrected chi connectivity index (χ4v) is 2.75. The van der Waals surface area contributed by atoms with E-state index in [-0.39, 0.29) is 22.5 Å². The number of nitrogens with zero attached hydrogens (tertiary/aromatic N) is 3. The molecule has 0 fully saturated rings. The molecule has 0 aliphatic heterocycles. The normalized spacial score (nSPS) is 12.4. The smallest absolute Gasteiger partial charge is 0.425 e. The quantitative estimate of drug-likeness (QED) is 0.792. The van der Waals surface area contributed by atoms with E-state index in [9.17, 15) is 18.0 Å². The fraction of sp³-hybridized carbons (Fsp3) is 0.462. The zero-order valence-electron chi connectivity index (χ0n) is 12.0. The molecule has 0 N–H and O–H groups in total. The Morgan fingerprint density at radius 3 is 2.59 bits per heavy atom. The number of hydrogen-bond donors (Lipinski definition) is 0. The minimum absolute atomic E-state index is 0.0970. The van der Waals surface area contributed by atoms with Gasteiger partial charge in [-0.3, -0.25) is 9.48 Å². The van der Waals surface area contributed by atoms with E-state index in [0.29, 0.717) is 11.3 Å². The van der Waals surface area contributed by atoms with E-state index in [1.165, 1.54) is 0 Å². The Kier molecular flexibility index (Phi) is 3.91. The van der Waals surface area contributed by atoms with Gasteiger partial charge in [-0.05, 0) is 26.8 Å². The Bertz CT molecular complexity index is 762. The molecule has 0 saturated heterocycles. The average molecular weight is 331 g/mol. The molecular weight excluding hydrogens is 319 g/mol. The molecule has 9 heteroatoms. The van der Waals surface area contributed by atoms with Gasteiger partial charge in [-0.2, -0.15) is 23.5 Å². The summed E-state index contributed by atoms with van der Waals surface area (Å²) in [4.78, 5) is 10.9. The highest BCUT2D eigenvalue weighted by Gasteiger charge is 2.34. The van der Waals surface area contributed by atoms with E-state index in [1.807, 2.05) is 0 Å². The van der Waals surface area contributed by atoms with Crippen LogP contribution in [-0.2, 0) is 22.3 Å². The summed E-state index contributed by atoms with van der Waals surface area (Å²) in [5, 5.41) is 12.8. The van der Waals surface area contributed by atoms with Crippen LogP contribution in [0.5, 0.6) is 0 Å². The number of aromatic nitrogens is 2. The SMILES string of the molecule is CC(C)(C)OC(=O)Cn1nc(C#N)c2sc(C(F)(F)F)cc21. The molecule has 0 atom stereocenters. The Morgan fingerprint density at radius 1 is 1.45 bits per heavy atom. The predicted octanol–water partition coefficient (Wildman–Crippen LogP) is 3.33. The maximum Gasteiger partial charge on any atom is 0.425 e. The number of hydrogen-bond acceptors (Lipinski definition) is 5. The van der Waals surface area contributed by atoms with Gasteiger partial charge < -0.3 is 4.74 Å². The van der Waals surface area contributed by atoms with Crippen LogP contribution in [0, 0.1) is 11.3 Å². The highest BCUT2D eigenvalue weighted by atomic mass is 32.1. The number of thiophene rings is 1. The largest absolute Gasteiger partial charge is 0.459 e. The van der Waals surface area contributed by atoms with Crippen molar-refractivity contribution in [2.24, 2.45) is 0 Å². The lowest BCUT2D eigenvalue weighted by Crippen LogP contribution is -2.26. The second-order valence-corrected chi connectivity index (χ2v) is 6.58. The summed E-state index contributed by atoms with van der Waals surface area (Å²) in [6, 6.07) is 2.62. The molecule has 0 radical (unpaired) electrons. The van der Waals surface area contributed by atoms with Crippen molar-refractivity contribution in [3.63, 3.8) is 0 Å². The first kappa shape index (κ1) is 16.3. The zero-order chi connectivity index (χ0) is 16.7. The minimum Gasteiger partial charge on any atom is -0.459 e. The van der Waals surface area contributed by atoms with Crippen LogP contribution in [0.15, 0.2) is 6.07 Å². The van der Waals surface area contributed by atoms with Crippen molar-refractivity contribution < 1.29 is 22.7 Å². The number of fused-ring (bicyclic) bond motifs is 1. The molecule has 0 amide bonds. The Hall–Kier alpha value is -2.08. The molecule has 0 spiro atoms. The Morgan fingerprint density at radius 2 is 2.09 bits per heavy atom. The molecule has 2 heterocycles. The molecular formula is C13H12F3N3O2S. The second-order valence-electron chi connectivity index (χ2n) is 5.53. The molecule has 5 nitrogen and oxygen atoms in total. The van der Waals surface area contributed by atoms with Crippen LogP contribution in [0.2, 0.25) is 0 Å².